The number of methoxy groups -OCH3 is 1. The van der Waals surface area contributed by atoms with Gasteiger partial charge in [0, 0.05) is 30.9 Å². The number of amides is 1. The number of carbonyl (C=O) groups is 1. The number of carbonyl (C=O) groups excluding carboxylic acids is 1. The van der Waals surface area contributed by atoms with E-state index in [4.69, 9.17) is 21.1 Å². The summed E-state index contributed by atoms with van der Waals surface area (Å²) in [6.07, 6.45) is 5.86. The standard InChI is InChI=1S/C20H21ClN6O3/c1-26-11-14(9-23-26)18-15(21)10-22-20(25-18)24-16-5-4-13(8-17(16)29-2)19(28)27-6-3-7-30-12-27/h4-5,8-11H,3,6-7,12H2,1-2H3,(H,22,24,25). The number of halogens is 1. The van der Waals surface area contributed by atoms with Gasteiger partial charge in [-0.25, -0.2) is 9.97 Å². The lowest BCUT2D eigenvalue weighted by atomic mass is 10.1. The van der Waals surface area contributed by atoms with Crippen molar-refractivity contribution in [1.82, 2.24) is 24.6 Å². The van der Waals surface area contributed by atoms with Crippen molar-refractivity contribution in [1.29, 1.82) is 0 Å². The normalized spacial score (nSPS) is 13.9. The summed E-state index contributed by atoms with van der Waals surface area (Å²) in [5, 5.41) is 7.70. The first kappa shape index (κ1) is 20.1. The maximum Gasteiger partial charge on any atom is 0.255 e. The van der Waals surface area contributed by atoms with E-state index in [0.717, 1.165) is 12.0 Å². The summed E-state index contributed by atoms with van der Waals surface area (Å²) in [6, 6.07) is 5.19. The maximum absolute atomic E-state index is 12.7. The monoisotopic (exact) mass is 428 g/mol. The second-order valence-corrected chi connectivity index (χ2v) is 7.20. The van der Waals surface area contributed by atoms with Crippen molar-refractivity contribution in [2.24, 2.45) is 7.05 Å². The summed E-state index contributed by atoms with van der Waals surface area (Å²) in [7, 11) is 3.37. The van der Waals surface area contributed by atoms with Crippen LogP contribution >= 0.6 is 11.6 Å². The fraction of sp³-hybridized carbons (Fsp3) is 0.300. The first-order chi connectivity index (χ1) is 14.5. The number of anilines is 2. The summed E-state index contributed by atoms with van der Waals surface area (Å²) in [6.45, 7) is 1.66. The van der Waals surface area contributed by atoms with E-state index in [0.29, 0.717) is 53.5 Å². The van der Waals surface area contributed by atoms with Gasteiger partial charge in [0.15, 0.2) is 0 Å². The Balaban J connectivity index is 1.58. The molecule has 1 N–H and O–H groups in total. The number of aryl methyl sites for hydroxylation is 1. The highest BCUT2D eigenvalue weighted by atomic mass is 35.5. The Hall–Kier alpha value is -3.17. The SMILES string of the molecule is COc1cc(C(=O)N2CCCOC2)ccc1Nc1ncc(Cl)c(-c2cnn(C)c2)n1. The van der Waals surface area contributed by atoms with Gasteiger partial charge in [-0.3, -0.25) is 9.48 Å². The minimum Gasteiger partial charge on any atom is -0.495 e. The lowest BCUT2D eigenvalue weighted by Crippen LogP contribution is -2.38. The van der Waals surface area contributed by atoms with Crippen molar-refractivity contribution in [3.63, 3.8) is 0 Å². The number of hydrogen-bond acceptors (Lipinski definition) is 7. The number of benzene rings is 1. The Morgan fingerprint density at radius 1 is 1.33 bits per heavy atom. The molecule has 0 saturated carbocycles. The van der Waals surface area contributed by atoms with Gasteiger partial charge in [-0.2, -0.15) is 5.10 Å². The zero-order chi connectivity index (χ0) is 21.1. The molecule has 1 amide bonds. The molecule has 3 aromatic rings. The molecule has 1 aromatic carbocycles. The molecule has 0 aliphatic carbocycles. The smallest absolute Gasteiger partial charge is 0.255 e. The molecule has 4 rings (SSSR count). The predicted molar refractivity (Wildman–Crippen MR) is 112 cm³/mol. The number of nitrogens with one attached hydrogen (secondary N) is 1. The molecule has 1 saturated heterocycles. The maximum atomic E-state index is 12.7. The number of rotatable bonds is 5. The van der Waals surface area contributed by atoms with E-state index < -0.39 is 0 Å². The molecular formula is C20H21ClN6O3. The van der Waals surface area contributed by atoms with E-state index in [9.17, 15) is 4.79 Å². The topological polar surface area (TPSA) is 94.4 Å². The van der Waals surface area contributed by atoms with Gasteiger partial charge >= 0.3 is 0 Å². The van der Waals surface area contributed by atoms with Crippen LogP contribution in [0.1, 0.15) is 16.8 Å². The average molecular weight is 429 g/mol. The van der Waals surface area contributed by atoms with Gasteiger partial charge < -0.3 is 19.7 Å². The average Bonchev–Trinajstić information content (AvgIpc) is 3.21. The summed E-state index contributed by atoms with van der Waals surface area (Å²) in [5.41, 5.74) is 2.50. The minimum absolute atomic E-state index is 0.0962. The van der Waals surface area contributed by atoms with Gasteiger partial charge in [-0.05, 0) is 24.6 Å². The molecule has 9 nitrogen and oxygen atoms in total. The van der Waals surface area contributed by atoms with Crippen LogP contribution in [0.2, 0.25) is 5.02 Å². The zero-order valence-corrected chi connectivity index (χ0v) is 17.4. The lowest BCUT2D eigenvalue weighted by Gasteiger charge is -2.27. The van der Waals surface area contributed by atoms with Crippen LogP contribution in [0.4, 0.5) is 11.6 Å². The van der Waals surface area contributed by atoms with Crippen LogP contribution in [0.3, 0.4) is 0 Å². The van der Waals surface area contributed by atoms with Crippen molar-refractivity contribution in [2.75, 3.05) is 32.3 Å². The van der Waals surface area contributed by atoms with Crippen LogP contribution in [-0.4, -0.2) is 57.5 Å². The van der Waals surface area contributed by atoms with E-state index >= 15 is 0 Å². The van der Waals surface area contributed by atoms with Crippen molar-refractivity contribution >= 4 is 29.1 Å². The Kier molecular flexibility index (Phi) is 5.82. The quantitative estimate of drug-likeness (QED) is 0.667. The summed E-state index contributed by atoms with van der Waals surface area (Å²) >= 11 is 6.26. The highest BCUT2D eigenvalue weighted by Gasteiger charge is 2.20. The third-order valence-corrected chi connectivity index (χ3v) is 4.95. The molecule has 1 aliphatic rings. The van der Waals surface area contributed by atoms with E-state index in [1.54, 1.807) is 41.1 Å². The van der Waals surface area contributed by atoms with Crippen molar-refractivity contribution < 1.29 is 14.3 Å². The first-order valence-corrected chi connectivity index (χ1v) is 9.76. The van der Waals surface area contributed by atoms with Gasteiger partial charge in [0.2, 0.25) is 5.95 Å². The third-order valence-electron chi connectivity index (χ3n) is 4.67. The highest BCUT2D eigenvalue weighted by molar-refractivity contribution is 6.32. The van der Waals surface area contributed by atoms with E-state index in [1.165, 1.54) is 6.20 Å². The Bertz CT molecular complexity index is 1060. The molecule has 0 spiro atoms. The van der Waals surface area contributed by atoms with Crippen LogP contribution in [0.5, 0.6) is 5.75 Å². The fourth-order valence-electron chi connectivity index (χ4n) is 3.16. The molecule has 3 heterocycles. The molecule has 2 aromatic heterocycles. The summed E-state index contributed by atoms with van der Waals surface area (Å²) < 4.78 is 12.5. The number of ether oxygens (including phenoxy) is 2. The number of nitrogens with zero attached hydrogens (tertiary/aromatic N) is 5. The molecular weight excluding hydrogens is 408 g/mol. The van der Waals surface area contributed by atoms with E-state index in [1.807, 2.05) is 13.2 Å². The molecule has 1 fully saturated rings. The summed E-state index contributed by atoms with van der Waals surface area (Å²) in [5.74, 6) is 0.751. The van der Waals surface area contributed by atoms with Crippen molar-refractivity contribution in [2.45, 2.75) is 6.42 Å². The third kappa shape index (κ3) is 4.22. The Labute approximate surface area is 178 Å². The number of hydrogen-bond donors (Lipinski definition) is 1. The van der Waals surface area contributed by atoms with Gasteiger partial charge in [0.1, 0.15) is 12.5 Å². The van der Waals surface area contributed by atoms with Gasteiger partial charge in [-0.15, -0.1) is 0 Å². The summed E-state index contributed by atoms with van der Waals surface area (Å²) in [4.78, 5) is 23.1. The van der Waals surface area contributed by atoms with Crippen molar-refractivity contribution in [3.8, 4) is 17.0 Å². The molecule has 0 bridgehead atoms. The predicted octanol–water partition coefficient (Wildman–Crippen LogP) is 3.10. The fourth-order valence-corrected chi connectivity index (χ4v) is 3.36. The van der Waals surface area contributed by atoms with Crippen LogP contribution < -0.4 is 10.1 Å². The number of aromatic nitrogens is 4. The van der Waals surface area contributed by atoms with Crippen LogP contribution in [-0.2, 0) is 11.8 Å². The minimum atomic E-state index is -0.0962. The van der Waals surface area contributed by atoms with Crippen LogP contribution in [0, 0.1) is 0 Å². The van der Waals surface area contributed by atoms with Gasteiger partial charge in [0.05, 0.1) is 42.5 Å². The molecule has 0 radical (unpaired) electrons. The highest BCUT2D eigenvalue weighted by Crippen LogP contribution is 2.30. The molecule has 10 heteroatoms. The second kappa shape index (κ2) is 8.68. The van der Waals surface area contributed by atoms with E-state index in [-0.39, 0.29) is 5.91 Å². The second-order valence-electron chi connectivity index (χ2n) is 6.79. The van der Waals surface area contributed by atoms with Crippen molar-refractivity contribution in [3.05, 3.63) is 47.4 Å². The molecule has 30 heavy (non-hydrogen) atoms. The lowest BCUT2D eigenvalue weighted by molar-refractivity contribution is -0.00572. The van der Waals surface area contributed by atoms with Gasteiger partial charge in [0.25, 0.3) is 5.91 Å². The zero-order valence-electron chi connectivity index (χ0n) is 16.6. The van der Waals surface area contributed by atoms with E-state index in [2.05, 4.69) is 20.4 Å². The molecule has 0 unspecified atom stereocenters. The molecule has 0 atom stereocenters. The van der Waals surface area contributed by atoms with Crippen LogP contribution in [0.15, 0.2) is 36.8 Å². The van der Waals surface area contributed by atoms with Crippen LogP contribution in [0.25, 0.3) is 11.3 Å². The first-order valence-electron chi connectivity index (χ1n) is 9.39. The Morgan fingerprint density at radius 2 is 2.20 bits per heavy atom. The largest absolute Gasteiger partial charge is 0.495 e. The van der Waals surface area contributed by atoms with Gasteiger partial charge in [-0.1, -0.05) is 11.6 Å². The Morgan fingerprint density at radius 3 is 2.90 bits per heavy atom. The molecule has 156 valence electrons. The molecule has 1 aliphatic heterocycles.